The van der Waals surface area contributed by atoms with Crippen LogP contribution in [0.5, 0.6) is 11.5 Å². The van der Waals surface area contributed by atoms with E-state index in [9.17, 15) is 14.4 Å². The summed E-state index contributed by atoms with van der Waals surface area (Å²) in [5.74, 6) is -0.440. The Morgan fingerprint density at radius 1 is 0.812 bits per heavy atom. The number of benzene rings is 3. The minimum absolute atomic E-state index is 0.173. The summed E-state index contributed by atoms with van der Waals surface area (Å²) in [4.78, 5) is 41.6. The Bertz CT molecular complexity index is 1170. The van der Waals surface area contributed by atoms with E-state index in [0.717, 1.165) is 10.5 Å². The second-order valence-corrected chi connectivity index (χ2v) is 7.83. The molecule has 3 aromatic carbocycles. The normalized spacial score (nSPS) is 14.7. The molecule has 1 aliphatic heterocycles. The van der Waals surface area contributed by atoms with E-state index in [1.54, 1.807) is 49.4 Å². The zero-order valence-corrected chi connectivity index (χ0v) is 18.1. The SMILES string of the molecule is COc1ccc(C(=O)[C@](C)(Cc2ccccc2)N2C(=O)c3ccccc3C2=O)cc1OC. The average molecular weight is 429 g/mol. The van der Waals surface area contributed by atoms with Crippen LogP contribution in [0.1, 0.15) is 43.6 Å². The molecule has 4 rings (SSSR count). The van der Waals surface area contributed by atoms with Gasteiger partial charge in [-0.1, -0.05) is 42.5 Å². The standard InChI is InChI=1S/C26H23NO5/c1-26(16-17-9-5-4-6-10-17,23(28)18-13-14-21(31-2)22(15-18)32-3)27-24(29)19-11-7-8-12-20(19)25(27)30/h4-15H,16H2,1-3H3/t26-/m0/s1. The number of imide groups is 1. The summed E-state index contributed by atoms with van der Waals surface area (Å²) in [6.45, 7) is 1.64. The van der Waals surface area contributed by atoms with Crippen LogP contribution in [0, 0.1) is 0 Å². The van der Waals surface area contributed by atoms with Crippen molar-refractivity contribution in [2.45, 2.75) is 18.9 Å². The van der Waals surface area contributed by atoms with Gasteiger partial charge in [-0.3, -0.25) is 19.3 Å². The van der Waals surface area contributed by atoms with Crippen molar-refractivity contribution in [3.8, 4) is 11.5 Å². The van der Waals surface area contributed by atoms with Crippen LogP contribution in [0.15, 0.2) is 72.8 Å². The van der Waals surface area contributed by atoms with E-state index in [2.05, 4.69) is 0 Å². The highest BCUT2D eigenvalue weighted by Gasteiger charge is 2.50. The highest BCUT2D eigenvalue weighted by atomic mass is 16.5. The first-order valence-corrected chi connectivity index (χ1v) is 10.2. The maximum absolute atomic E-state index is 13.9. The molecule has 32 heavy (non-hydrogen) atoms. The molecule has 6 heteroatoms. The summed E-state index contributed by atoms with van der Waals surface area (Å²) in [5, 5.41) is 0. The molecule has 0 unspecified atom stereocenters. The number of ketones is 1. The second-order valence-electron chi connectivity index (χ2n) is 7.83. The Hall–Kier alpha value is -3.93. The van der Waals surface area contributed by atoms with Crippen LogP contribution in [-0.2, 0) is 6.42 Å². The number of nitrogens with zero attached hydrogens (tertiary/aromatic N) is 1. The van der Waals surface area contributed by atoms with Gasteiger partial charge in [-0.25, -0.2) is 0 Å². The summed E-state index contributed by atoms with van der Waals surface area (Å²) < 4.78 is 10.6. The van der Waals surface area contributed by atoms with Gasteiger partial charge in [0.15, 0.2) is 17.3 Å². The third kappa shape index (κ3) is 3.43. The van der Waals surface area contributed by atoms with E-state index in [-0.39, 0.29) is 12.2 Å². The molecule has 1 aliphatic rings. The topological polar surface area (TPSA) is 72.9 Å². The van der Waals surface area contributed by atoms with Gasteiger partial charge in [-0.15, -0.1) is 0 Å². The molecule has 0 radical (unpaired) electrons. The first-order chi connectivity index (χ1) is 15.4. The number of fused-ring (bicyclic) bond motifs is 1. The summed E-state index contributed by atoms with van der Waals surface area (Å²) >= 11 is 0. The fourth-order valence-corrected chi connectivity index (χ4v) is 4.18. The number of rotatable bonds is 7. The molecule has 0 fully saturated rings. The molecule has 1 atom stereocenters. The minimum atomic E-state index is -1.45. The van der Waals surface area contributed by atoms with E-state index in [1.807, 2.05) is 30.3 Å². The van der Waals surface area contributed by atoms with E-state index in [4.69, 9.17) is 9.47 Å². The molecule has 162 valence electrons. The Morgan fingerprint density at radius 3 is 1.94 bits per heavy atom. The van der Waals surface area contributed by atoms with Crippen LogP contribution in [0.4, 0.5) is 0 Å². The Morgan fingerprint density at radius 2 is 1.38 bits per heavy atom. The lowest BCUT2D eigenvalue weighted by Crippen LogP contribution is -2.56. The highest BCUT2D eigenvalue weighted by molar-refractivity contribution is 6.24. The van der Waals surface area contributed by atoms with Gasteiger partial charge in [-0.05, 0) is 42.8 Å². The van der Waals surface area contributed by atoms with Crippen molar-refractivity contribution >= 4 is 17.6 Å². The zero-order valence-electron chi connectivity index (χ0n) is 18.1. The Labute approximate surface area is 186 Å². The first kappa shape index (κ1) is 21.3. The molecule has 0 spiro atoms. The van der Waals surface area contributed by atoms with Crippen LogP contribution in [0.25, 0.3) is 0 Å². The van der Waals surface area contributed by atoms with Crippen LogP contribution in [0.3, 0.4) is 0 Å². The van der Waals surface area contributed by atoms with Gasteiger partial charge in [0.2, 0.25) is 0 Å². The molecule has 0 N–H and O–H groups in total. The molecule has 0 saturated heterocycles. The lowest BCUT2D eigenvalue weighted by molar-refractivity contribution is 0.0405. The van der Waals surface area contributed by atoms with Gasteiger partial charge in [0.05, 0.1) is 25.3 Å². The third-order valence-corrected chi connectivity index (χ3v) is 5.81. The number of amides is 2. The maximum atomic E-state index is 13.9. The molecular formula is C26H23NO5. The monoisotopic (exact) mass is 429 g/mol. The maximum Gasteiger partial charge on any atom is 0.262 e. The average Bonchev–Trinajstić information content (AvgIpc) is 3.09. The van der Waals surface area contributed by atoms with Crippen molar-refractivity contribution in [2.75, 3.05) is 14.2 Å². The molecule has 1 heterocycles. The fourth-order valence-electron chi connectivity index (χ4n) is 4.18. The lowest BCUT2D eigenvalue weighted by atomic mass is 9.83. The van der Waals surface area contributed by atoms with Crippen LogP contribution < -0.4 is 9.47 Å². The minimum Gasteiger partial charge on any atom is -0.493 e. The molecular weight excluding hydrogens is 406 g/mol. The highest BCUT2D eigenvalue weighted by Crippen LogP contribution is 2.36. The van der Waals surface area contributed by atoms with Gasteiger partial charge in [0.25, 0.3) is 11.8 Å². The number of Topliss-reactive ketones (excluding diaryl/α,β-unsaturated/α-hetero) is 1. The largest absolute Gasteiger partial charge is 0.493 e. The zero-order chi connectivity index (χ0) is 22.9. The second kappa shape index (κ2) is 8.30. The van der Waals surface area contributed by atoms with Gasteiger partial charge in [0.1, 0.15) is 5.54 Å². The quantitative estimate of drug-likeness (QED) is 0.416. The number of carbonyl (C=O) groups excluding carboxylic acids is 3. The van der Waals surface area contributed by atoms with Gasteiger partial charge in [-0.2, -0.15) is 0 Å². The van der Waals surface area contributed by atoms with E-state index < -0.39 is 17.4 Å². The Kier molecular flexibility index (Phi) is 5.53. The van der Waals surface area contributed by atoms with Gasteiger partial charge in [0, 0.05) is 12.0 Å². The van der Waals surface area contributed by atoms with Crippen LogP contribution in [0.2, 0.25) is 0 Å². The molecule has 0 aromatic heterocycles. The Balaban J connectivity index is 1.83. The summed E-state index contributed by atoms with van der Waals surface area (Å²) in [7, 11) is 3.00. The van der Waals surface area contributed by atoms with Crippen molar-refractivity contribution in [2.24, 2.45) is 0 Å². The third-order valence-electron chi connectivity index (χ3n) is 5.81. The van der Waals surface area contributed by atoms with Crippen molar-refractivity contribution in [1.82, 2.24) is 4.90 Å². The first-order valence-electron chi connectivity index (χ1n) is 10.2. The summed E-state index contributed by atoms with van der Waals surface area (Å²) in [6.07, 6.45) is 0.173. The molecule has 0 aliphatic carbocycles. The van der Waals surface area contributed by atoms with Crippen LogP contribution >= 0.6 is 0 Å². The lowest BCUT2D eigenvalue weighted by Gasteiger charge is -2.36. The van der Waals surface area contributed by atoms with Crippen molar-refractivity contribution < 1.29 is 23.9 Å². The van der Waals surface area contributed by atoms with E-state index in [0.29, 0.717) is 28.2 Å². The summed E-state index contributed by atoms with van der Waals surface area (Å²) in [5.41, 5.74) is 0.306. The van der Waals surface area contributed by atoms with E-state index in [1.165, 1.54) is 14.2 Å². The predicted octanol–water partition coefficient (Wildman–Crippen LogP) is 4.18. The number of hydrogen-bond acceptors (Lipinski definition) is 5. The smallest absolute Gasteiger partial charge is 0.262 e. The molecule has 3 aromatic rings. The molecule has 2 amide bonds. The number of methoxy groups -OCH3 is 2. The number of carbonyl (C=O) groups is 3. The number of ether oxygens (including phenoxy) is 2. The van der Waals surface area contributed by atoms with Crippen molar-refractivity contribution in [1.29, 1.82) is 0 Å². The van der Waals surface area contributed by atoms with Gasteiger partial charge >= 0.3 is 0 Å². The summed E-state index contributed by atoms with van der Waals surface area (Å²) in [6, 6.07) is 20.8. The molecule has 0 saturated carbocycles. The van der Waals surface area contributed by atoms with Gasteiger partial charge < -0.3 is 9.47 Å². The van der Waals surface area contributed by atoms with Crippen molar-refractivity contribution in [3.63, 3.8) is 0 Å². The van der Waals surface area contributed by atoms with Crippen LogP contribution in [-0.4, -0.2) is 42.3 Å². The molecule has 0 bridgehead atoms. The number of hydrogen-bond donors (Lipinski definition) is 0. The molecule has 6 nitrogen and oxygen atoms in total. The van der Waals surface area contributed by atoms with E-state index >= 15 is 0 Å². The predicted molar refractivity (Wildman–Crippen MR) is 119 cm³/mol. The fraction of sp³-hybridized carbons (Fsp3) is 0.192. The van der Waals surface area contributed by atoms with Crippen molar-refractivity contribution in [3.05, 3.63) is 95.1 Å².